The number of likely N-dealkylation sites (N-methyl/N-ethyl adjacent to an activating group) is 1. The van der Waals surface area contributed by atoms with Crippen LogP contribution in [0, 0.1) is 0 Å². The molecule has 0 aliphatic heterocycles. The van der Waals surface area contributed by atoms with Gasteiger partial charge < -0.3 is 0 Å². The topological polar surface area (TPSA) is 3.24 Å². The fourth-order valence-electron chi connectivity index (χ4n) is 0.251. The summed E-state index contributed by atoms with van der Waals surface area (Å²) in [6, 6.07) is 0. The normalized spacial score (nSPS) is 11.4. The molecule has 7 heavy (non-hydrogen) atoms. The summed E-state index contributed by atoms with van der Waals surface area (Å²) in [6.07, 6.45) is 3.57. The Morgan fingerprint density at radius 1 is 1.71 bits per heavy atom. The van der Waals surface area contributed by atoms with Crippen LogP contribution in [0.15, 0.2) is 12.2 Å². The second kappa shape index (κ2) is 3.81. The number of hydrogen-bond donors (Lipinski definition) is 0. The van der Waals surface area contributed by atoms with Crippen molar-refractivity contribution < 1.29 is 4.48 Å². The molecule has 0 saturated heterocycles. The van der Waals surface area contributed by atoms with Crippen molar-refractivity contribution in [3.63, 3.8) is 0 Å². The van der Waals surface area contributed by atoms with Crippen molar-refractivity contribution in [1.29, 1.82) is 0 Å². The third kappa shape index (κ3) is 5.63. The van der Waals surface area contributed by atoms with Crippen LogP contribution in [0.25, 0.3) is 0 Å². The number of nitrogens with zero attached hydrogens (tertiary/aromatic N) is 1. The number of rotatable bonds is 2. The SMILES string of the molecule is C/C=C\CN(C)F. The van der Waals surface area contributed by atoms with Gasteiger partial charge in [-0.1, -0.05) is 12.2 Å². The maximum Gasteiger partial charge on any atom is 0.0468 e. The van der Waals surface area contributed by atoms with E-state index in [-0.39, 0.29) is 0 Å². The van der Waals surface area contributed by atoms with E-state index in [1.165, 1.54) is 7.05 Å². The summed E-state index contributed by atoms with van der Waals surface area (Å²) in [5, 5.41) is 0.625. The van der Waals surface area contributed by atoms with Crippen molar-refractivity contribution in [2.24, 2.45) is 0 Å². The highest BCUT2D eigenvalue weighted by Gasteiger charge is 1.82. The molecule has 0 spiro atoms. The molecule has 0 aliphatic carbocycles. The molecule has 0 N–H and O–H groups in total. The molecule has 0 bridgehead atoms. The summed E-state index contributed by atoms with van der Waals surface area (Å²) in [5.74, 6) is 0. The van der Waals surface area contributed by atoms with Crippen LogP contribution in [0.3, 0.4) is 0 Å². The Bertz CT molecular complexity index is 59.1. The van der Waals surface area contributed by atoms with E-state index in [0.29, 0.717) is 11.7 Å². The van der Waals surface area contributed by atoms with E-state index >= 15 is 0 Å². The monoisotopic (exact) mass is 103 g/mol. The average Bonchev–Trinajstić information content (AvgIpc) is 1.61. The standard InChI is InChI=1S/C5H10FN/c1-3-4-5-7(2)6/h3-4H,5H2,1-2H3/b4-3-. The zero-order valence-corrected chi connectivity index (χ0v) is 4.69. The van der Waals surface area contributed by atoms with Crippen molar-refractivity contribution in [2.45, 2.75) is 6.92 Å². The Kier molecular flexibility index (Phi) is 3.61. The van der Waals surface area contributed by atoms with Crippen molar-refractivity contribution >= 4 is 0 Å². The van der Waals surface area contributed by atoms with Crippen molar-refractivity contribution in [1.82, 2.24) is 5.12 Å². The summed E-state index contributed by atoms with van der Waals surface area (Å²) in [4.78, 5) is 0. The fourth-order valence-corrected chi connectivity index (χ4v) is 0.251. The maximum absolute atomic E-state index is 11.7. The summed E-state index contributed by atoms with van der Waals surface area (Å²) >= 11 is 0. The molecule has 0 aromatic carbocycles. The van der Waals surface area contributed by atoms with Gasteiger partial charge in [0.05, 0.1) is 0 Å². The molecule has 0 aromatic heterocycles. The number of allylic oxidation sites excluding steroid dienone is 1. The number of hydrogen-bond acceptors (Lipinski definition) is 1. The Morgan fingerprint density at radius 3 is 2.43 bits per heavy atom. The van der Waals surface area contributed by atoms with Gasteiger partial charge in [0.15, 0.2) is 0 Å². The van der Waals surface area contributed by atoms with Crippen LogP contribution in [0.5, 0.6) is 0 Å². The molecule has 0 aliphatic rings. The van der Waals surface area contributed by atoms with E-state index in [2.05, 4.69) is 0 Å². The molecule has 0 fully saturated rings. The van der Waals surface area contributed by atoms with Crippen molar-refractivity contribution in [2.75, 3.05) is 13.6 Å². The largest absolute Gasteiger partial charge is 0.146 e. The lowest BCUT2D eigenvalue weighted by molar-refractivity contribution is 0.0762. The Morgan fingerprint density at radius 2 is 2.29 bits per heavy atom. The number of halogens is 1. The van der Waals surface area contributed by atoms with Crippen LogP contribution < -0.4 is 0 Å². The molecule has 0 unspecified atom stereocenters. The first kappa shape index (κ1) is 6.63. The molecule has 0 heterocycles. The van der Waals surface area contributed by atoms with Crippen molar-refractivity contribution in [3.05, 3.63) is 12.2 Å². The highest BCUT2D eigenvalue weighted by Crippen LogP contribution is 1.80. The van der Waals surface area contributed by atoms with Gasteiger partial charge in [0.2, 0.25) is 0 Å². The van der Waals surface area contributed by atoms with Gasteiger partial charge in [-0.15, -0.1) is 9.60 Å². The minimum atomic E-state index is 0.385. The molecule has 0 aromatic rings. The molecule has 1 nitrogen and oxygen atoms in total. The minimum absolute atomic E-state index is 0.385. The second-order valence-corrected chi connectivity index (χ2v) is 1.36. The molecule has 0 rings (SSSR count). The molecule has 0 amide bonds. The smallest absolute Gasteiger partial charge is 0.0468 e. The van der Waals surface area contributed by atoms with Gasteiger partial charge in [-0.3, -0.25) is 0 Å². The third-order valence-electron chi connectivity index (χ3n) is 0.593. The van der Waals surface area contributed by atoms with E-state index in [9.17, 15) is 4.48 Å². The Hall–Kier alpha value is -0.370. The van der Waals surface area contributed by atoms with E-state index in [1.807, 2.05) is 13.0 Å². The van der Waals surface area contributed by atoms with Gasteiger partial charge in [0.1, 0.15) is 0 Å². The molecule has 2 heteroatoms. The van der Waals surface area contributed by atoms with Gasteiger partial charge in [0.25, 0.3) is 0 Å². The van der Waals surface area contributed by atoms with E-state index in [0.717, 1.165) is 0 Å². The van der Waals surface area contributed by atoms with Crippen LogP contribution in [0.2, 0.25) is 0 Å². The molecule has 0 radical (unpaired) electrons. The predicted molar refractivity (Wildman–Crippen MR) is 28.6 cm³/mol. The average molecular weight is 103 g/mol. The van der Waals surface area contributed by atoms with Crippen LogP contribution >= 0.6 is 0 Å². The lowest BCUT2D eigenvalue weighted by Crippen LogP contribution is -2.04. The van der Waals surface area contributed by atoms with Crippen LogP contribution in [0.1, 0.15) is 6.92 Å². The first-order valence-corrected chi connectivity index (χ1v) is 2.25. The molecular weight excluding hydrogens is 93.1 g/mol. The maximum atomic E-state index is 11.7. The van der Waals surface area contributed by atoms with Crippen LogP contribution in [-0.4, -0.2) is 18.7 Å². The van der Waals surface area contributed by atoms with Gasteiger partial charge in [0, 0.05) is 13.6 Å². The Balaban J connectivity index is 2.97. The van der Waals surface area contributed by atoms with Crippen LogP contribution in [-0.2, 0) is 0 Å². The molecule has 42 valence electrons. The van der Waals surface area contributed by atoms with E-state index in [1.54, 1.807) is 6.08 Å². The van der Waals surface area contributed by atoms with Gasteiger partial charge in [-0.05, 0) is 6.92 Å². The first-order chi connectivity index (χ1) is 3.27. The predicted octanol–water partition coefficient (Wildman–Crippen LogP) is 1.38. The van der Waals surface area contributed by atoms with E-state index in [4.69, 9.17) is 0 Å². The summed E-state index contributed by atoms with van der Waals surface area (Å²) in [6.45, 7) is 2.25. The van der Waals surface area contributed by atoms with Crippen LogP contribution in [0.4, 0.5) is 4.48 Å². The van der Waals surface area contributed by atoms with Gasteiger partial charge >= 0.3 is 0 Å². The summed E-state index contributed by atoms with van der Waals surface area (Å²) < 4.78 is 11.7. The van der Waals surface area contributed by atoms with Gasteiger partial charge in [-0.2, -0.15) is 0 Å². The summed E-state index contributed by atoms with van der Waals surface area (Å²) in [5.41, 5.74) is 0. The molecular formula is C5H10FN. The molecule has 0 atom stereocenters. The highest BCUT2D eigenvalue weighted by atomic mass is 19.2. The second-order valence-electron chi connectivity index (χ2n) is 1.36. The van der Waals surface area contributed by atoms with E-state index < -0.39 is 0 Å². The summed E-state index contributed by atoms with van der Waals surface area (Å²) in [7, 11) is 1.39. The lowest BCUT2D eigenvalue weighted by atomic mass is 10.5. The highest BCUT2D eigenvalue weighted by molar-refractivity contribution is 4.77. The van der Waals surface area contributed by atoms with Gasteiger partial charge in [-0.25, -0.2) is 0 Å². The third-order valence-corrected chi connectivity index (χ3v) is 0.593. The molecule has 0 saturated carbocycles. The first-order valence-electron chi connectivity index (χ1n) is 2.25. The van der Waals surface area contributed by atoms with Crippen molar-refractivity contribution in [3.8, 4) is 0 Å². The fraction of sp³-hybridized carbons (Fsp3) is 0.600. The minimum Gasteiger partial charge on any atom is -0.146 e. The zero-order chi connectivity index (χ0) is 5.70. The lowest BCUT2D eigenvalue weighted by Gasteiger charge is -1.95. The Labute approximate surface area is 43.4 Å². The quantitative estimate of drug-likeness (QED) is 0.377. The zero-order valence-electron chi connectivity index (χ0n) is 4.69.